The number of benzene rings is 2. The Morgan fingerprint density at radius 2 is 1.96 bits per heavy atom. The summed E-state index contributed by atoms with van der Waals surface area (Å²) in [5.74, 6) is -2.49. The molecule has 120 valence electrons. The van der Waals surface area contributed by atoms with E-state index in [0.717, 1.165) is 18.2 Å². The molecule has 0 unspecified atom stereocenters. The monoisotopic (exact) mass is 322 g/mol. The van der Waals surface area contributed by atoms with Crippen molar-refractivity contribution in [2.24, 2.45) is 0 Å². The van der Waals surface area contributed by atoms with Crippen LogP contribution in [0.25, 0.3) is 0 Å². The van der Waals surface area contributed by atoms with Crippen molar-refractivity contribution >= 4 is 17.3 Å². The van der Waals surface area contributed by atoms with Gasteiger partial charge in [0.15, 0.2) is 6.10 Å². The molecule has 0 fully saturated rings. The van der Waals surface area contributed by atoms with Crippen LogP contribution in [0.1, 0.15) is 6.92 Å². The number of hydrogen-bond donors (Lipinski definition) is 1. The summed E-state index contributed by atoms with van der Waals surface area (Å²) < 4.78 is 31.8. The Kier molecular flexibility index (Phi) is 4.85. The van der Waals surface area contributed by atoms with Crippen molar-refractivity contribution < 1.29 is 23.2 Å². The zero-order valence-electron chi connectivity index (χ0n) is 12.0. The number of para-hydroxylation sites is 1. The van der Waals surface area contributed by atoms with Gasteiger partial charge in [-0.3, -0.25) is 14.9 Å². The standard InChI is InChI=1S/C15H12F2N2O4/c1-9(15(20)18-12-5-3-2-4-11(12)17)23-14-8-10(16)6-7-13(14)19(21)22/h2-9H,1H3,(H,18,20)/t9-/m1/s1. The van der Waals surface area contributed by atoms with Gasteiger partial charge in [0.05, 0.1) is 10.6 Å². The summed E-state index contributed by atoms with van der Waals surface area (Å²) in [6, 6.07) is 8.16. The molecule has 0 aliphatic rings. The summed E-state index contributed by atoms with van der Waals surface area (Å²) >= 11 is 0. The number of ether oxygens (including phenoxy) is 1. The van der Waals surface area contributed by atoms with Gasteiger partial charge < -0.3 is 10.1 Å². The van der Waals surface area contributed by atoms with Crippen LogP contribution in [0.5, 0.6) is 5.75 Å². The third-order valence-electron chi connectivity index (χ3n) is 2.92. The van der Waals surface area contributed by atoms with Gasteiger partial charge in [0.2, 0.25) is 5.75 Å². The van der Waals surface area contributed by atoms with E-state index in [0.29, 0.717) is 0 Å². The highest BCUT2D eigenvalue weighted by molar-refractivity contribution is 5.94. The molecule has 8 heteroatoms. The Bertz CT molecular complexity index is 752. The lowest BCUT2D eigenvalue weighted by atomic mass is 10.2. The Morgan fingerprint density at radius 1 is 1.26 bits per heavy atom. The van der Waals surface area contributed by atoms with E-state index < -0.39 is 34.3 Å². The summed E-state index contributed by atoms with van der Waals surface area (Å²) in [6.45, 7) is 1.31. The highest BCUT2D eigenvalue weighted by Gasteiger charge is 2.22. The predicted octanol–water partition coefficient (Wildman–Crippen LogP) is 3.28. The molecule has 0 saturated heterocycles. The molecule has 0 aliphatic heterocycles. The minimum atomic E-state index is -1.20. The van der Waals surface area contributed by atoms with Gasteiger partial charge in [0.25, 0.3) is 5.91 Å². The molecule has 0 heterocycles. The maximum Gasteiger partial charge on any atom is 0.311 e. The topological polar surface area (TPSA) is 81.5 Å². The van der Waals surface area contributed by atoms with Gasteiger partial charge in [-0.15, -0.1) is 0 Å². The number of nitro benzene ring substituents is 1. The smallest absolute Gasteiger partial charge is 0.311 e. The van der Waals surface area contributed by atoms with Gasteiger partial charge in [-0.05, 0) is 25.1 Å². The lowest BCUT2D eigenvalue weighted by molar-refractivity contribution is -0.386. The molecule has 2 rings (SSSR count). The van der Waals surface area contributed by atoms with Crippen LogP contribution >= 0.6 is 0 Å². The van der Waals surface area contributed by atoms with Gasteiger partial charge in [-0.25, -0.2) is 8.78 Å². The minimum absolute atomic E-state index is 0.0540. The molecule has 1 atom stereocenters. The first kappa shape index (κ1) is 16.3. The molecule has 1 N–H and O–H groups in total. The van der Waals surface area contributed by atoms with Crippen LogP contribution in [-0.2, 0) is 4.79 Å². The van der Waals surface area contributed by atoms with Crippen LogP contribution < -0.4 is 10.1 Å². The molecule has 0 radical (unpaired) electrons. The Balaban J connectivity index is 2.14. The van der Waals surface area contributed by atoms with Crippen molar-refractivity contribution in [2.45, 2.75) is 13.0 Å². The zero-order valence-corrected chi connectivity index (χ0v) is 12.0. The highest BCUT2D eigenvalue weighted by Crippen LogP contribution is 2.28. The average Bonchev–Trinajstić information content (AvgIpc) is 2.49. The molecular formula is C15H12F2N2O4. The molecular weight excluding hydrogens is 310 g/mol. The number of hydrogen-bond acceptors (Lipinski definition) is 4. The van der Waals surface area contributed by atoms with E-state index in [9.17, 15) is 23.7 Å². The first-order valence-electron chi connectivity index (χ1n) is 6.54. The highest BCUT2D eigenvalue weighted by atomic mass is 19.1. The molecule has 0 saturated carbocycles. The number of amides is 1. The molecule has 6 nitrogen and oxygen atoms in total. The van der Waals surface area contributed by atoms with Crippen molar-refractivity contribution in [3.05, 3.63) is 64.2 Å². The van der Waals surface area contributed by atoms with E-state index in [2.05, 4.69) is 5.32 Å². The Morgan fingerprint density at radius 3 is 2.61 bits per heavy atom. The zero-order chi connectivity index (χ0) is 17.0. The van der Waals surface area contributed by atoms with Crippen LogP contribution in [0.3, 0.4) is 0 Å². The number of halogens is 2. The fourth-order valence-electron chi connectivity index (χ4n) is 1.77. The third-order valence-corrected chi connectivity index (χ3v) is 2.92. The van der Waals surface area contributed by atoms with Crippen molar-refractivity contribution in [3.63, 3.8) is 0 Å². The van der Waals surface area contributed by atoms with E-state index in [4.69, 9.17) is 4.74 Å². The first-order chi connectivity index (χ1) is 10.9. The van der Waals surface area contributed by atoms with Crippen LogP contribution in [0.15, 0.2) is 42.5 Å². The van der Waals surface area contributed by atoms with Crippen molar-refractivity contribution in [1.29, 1.82) is 0 Å². The van der Waals surface area contributed by atoms with Crippen molar-refractivity contribution in [3.8, 4) is 5.75 Å². The van der Waals surface area contributed by atoms with Gasteiger partial charge in [0.1, 0.15) is 11.6 Å². The van der Waals surface area contributed by atoms with Crippen LogP contribution in [0.2, 0.25) is 0 Å². The Hall–Kier alpha value is -3.03. The first-order valence-corrected chi connectivity index (χ1v) is 6.54. The number of carbonyl (C=O) groups excluding carboxylic acids is 1. The predicted molar refractivity (Wildman–Crippen MR) is 78.2 cm³/mol. The molecule has 2 aromatic carbocycles. The second-order valence-corrected chi connectivity index (χ2v) is 4.60. The van der Waals surface area contributed by atoms with E-state index in [1.54, 1.807) is 0 Å². The number of anilines is 1. The van der Waals surface area contributed by atoms with E-state index in [1.165, 1.54) is 31.2 Å². The lowest BCUT2D eigenvalue weighted by Crippen LogP contribution is -2.30. The normalized spacial score (nSPS) is 11.6. The second kappa shape index (κ2) is 6.82. The summed E-state index contributed by atoms with van der Waals surface area (Å²) in [4.78, 5) is 22.1. The quantitative estimate of drug-likeness (QED) is 0.676. The van der Waals surface area contributed by atoms with E-state index >= 15 is 0 Å². The lowest BCUT2D eigenvalue weighted by Gasteiger charge is -2.15. The van der Waals surface area contributed by atoms with Gasteiger partial charge >= 0.3 is 5.69 Å². The van der Waals surface area contributed by atoms with Crippen LogP contribution in [0.4, 0.5) is 20.2 Å². The Labute approximate surface area is 129 Å². The molecule has 1 amide bonds. The summed E-state index contributed by atoms with van der Waals surface area (Å²) in [5.41, 5.74) is -0.529. The van der Waals surface area contributed by atoms with E-state index in [1.807, 2.05) is 0 Å². The maximum atomic E-state index is 13.5. The fourth-order valence-corrected chi connectivity index (χ4v) is 1.77. The van der Waals surface area contributed by atoms with Crippen molar-refractivity contribution in [2.75, 3.05) is 5.32 Å². The molecule has 0 bridgehead atoms. The molecule has 0 aliphatic carbocycles. The molecule has 23 heavy (non-hydrogen) atoms. The number of nitrogens with zero attached hydrogens (tertiary/aromatic N) is 1. The SMILES string of the molecule is C[C@@H](Oc1cc(F)ccc1[N+](=O)[O-])C(=O)Nc1ccccc1F. The number of rotatable bonds is 5. The maximum absolute atomic E-state index is 13.5. The number of nitro groups is 1. The van der Waals surface area contributed by atoms with Crippen molar-refractivity contribution in [1.82, 2.24) is 0 Å². The summed E-state index contributed by atoms with van der Waals surface area (Å²) in [5, 5.41) is 13.2. The average molecular weight is 322 g/mol. The summed E-state index contributed by atoms with van der Waals surface area (Å²) in [6.07, 6.45) is -1.20. The third kappa shape index (κ3) is 4.00. The molecule has 2 aromatic rings. The van der Waals surface area contributed by atoms with Gasteiger partial charge in [-0.1, -0.05) is 12.1 Å². The summed E-state index contributed by atoms with van der Waals surface area (Å²) in [7, 11) is 0. The number of nitrogens with one attached hydrogen (secondary N) is 1. The van der Waals surface area contributed by atoms with Gasteiger partial charge in [0, 0.05) is 12.1 Å². The largest absolute Gasteiger partial charge is 0.474 e. The molecule has 0 aromatic heterocycles. The van der Waals surface area contributed by atoms with E-state index in [-0.39, 0.29) is 11.4 Å². The minimum Gasteiger partial charge on any atom is -0.474 e. The van der Waals surface area contributed by atoms with Crippen LogP contribution in [-0.4, -0.2) is 16.9 Å². The second-order valence-electron chi connectivity index (χ2n) is 4.60. The molecule has 0 spiro atoms. The number of carbonyl (C=O) groups is 1. The van der Waals surface area contributed by atoms with Gasteiger partial charge in [-0.2, -0.15) is 0 Å². The van der Waals surface area contributed by atoms with Crippen LogP contribution in [0, 0.1) is 21.7 Å². The fraction of sp³-hybridized carbons (Fsp3) is 0.133.